The first-order valence-corrected chi connectivity index (χ1v) is 13.0. The van der Waals surface area contributed by atoms with Crippen LogP contribution in [0.15, 0.2) is 33.8 Å². The maximum absolute atomic E-state index is 12.6. The Labute approximate surface area is 187 Å². The summed E-state index contributed by atoms with van der Waals surface area (Å²) in [6.07, 6.45) is 11.1. The summed E-state index contributed by atoms with van der Waals surface area (Å²) in [6.45, 7) is 3.80. The number of hydrogen-bond donors (Lipinski definition) is 1. The molecule has 1 amide bonds. The molecular weight excluding hydrogens is 468 g/mol. The van der Waals surface area contributed by atoms with Crippen LogP contribution >= 0.6 is 15.9 Å². The number of anilines is 1. The normalized spacial score (nSPS) is 23.8. The van der Waals surface area contributed by atoms with Crippen molar-refractivity contribution in [3.63, 3.8) is 0 Å². The molecule has 7 nitrogen and oxygen atoms in total. The minimum absolute atomic E-state index is 0.113. The van der Waals surface area contributed by atoms with Crippen LogP contribution in [0.2, 0.25) is 0 Å². The number of carbonyl (C=O) groups is 1. The molecule has 3 aliphatic rings. The lowest BCUT2D eigenvalue weighted by Gasteiger charge is -2.19. The number of fused-ring (bicyclic) bond motifs is 1. The fourth-order valence-electron chi connectivity index (χ4n) is 4.63. The summed E-state index contributed by atoms with van der Waals surface area (Å²) >= 11 is 3.53. The molecule has 0 saturated carbocycles. The molecule has 164 valence electrons. The lowest BCUT2D eigenvalue weighted by Crippen LogP contribution is -2.30. The van der Waals surface area contributed by atoms with Crippen LogP contribution in [0.5, 0.6) is 0 Å². The van der Waals surface area contributed by atoms with E-state index in [2.05, 4.69) is 42.7 Å². The van der Waals surface area contributed by atoms with Crippen LogP contribution in [0.1, 0.15) is 38.5 Å². The third-order valence-corrected chi connectivity index (χ3v) is 8.36. The highest BCUT2D eigenvalue weighted by Crippen LogP contribution is 2.37. The van der Waals surface area contributed by atoms with Gasteiger partial charge in [0.1, 0.15) is 10.7 Å². The van der Waals surface area contributed by atoms with Gasteiger partial charge in [0.05, 0.1) is 4.47 Å². The Kier molecular flexibility index (Phi) is 6.79. The number of nitrogens with zero attached hydrogens (tertiary/aromatic N) is 3. The molecule has 0 unspecified atom stereocenters. The van der Waals surface area contributed by atoms with E-state index in [1.54, 1.807) is 6.07 Å². The quantitative estimate of drug-likeness (QED) is 0.463. The lowest BCUT2D eigenvalue weighted by atomic mass is 9.86. The number of allylic oxidation sites excluding steroid dienone is 2. The molecular formula is C21H29BrN4O3S. The first kappa shape index (κ1) is 21.8. The first-order chi connectivity index (χ1) is 14.4. The molecule has 0 aromatic carbocycles. The Morgan fingerprint density at radius 2 is 1.83 bits per heavy atom. The van der Waals surface area contributed by atoms with Crippen molar-refractivity contribution < 1.29 is 13.2 Å². The Bertz CT molecular complexity index is 899. The monoisotopic (exact) mass is 496 g/mol. The number of halogens is 1. The van der Waals surface area contributed by atoms with Gasteiger partial charge in [-0.2, -0.15) is 0 Å². The predicted molar refractivity (Wildman–Crippen MR) is 120 cm³/mol. The van der Waals surface area contributed by atoms with Crippen LogP contribution < -0.4 is 9.62 Å². The zero-order valence-electron chi connectivity index (χ0n) is 17.1. The van der Waals surface area contributed by atoms with Crippen LogP contribution in [0.3, 0.4) is 0 Å². The largest absolute Gasteiger partial charge is 0.355 e. The number of aromatic nitrogens is 1. The second kappa shape index (κ2) is 9.36. The van der Waals surface area contributed by atoms with E-state index in [1.807, 2.05) is 4.90 Å². The number of hydrogen-bond acceptors (Lipinski definition) is 5. The average Bonchev–Trinajstić information content (AvgIpc) is 3.40. The molecule has 0 radical (unpaired) electrons. The van der Waals surface area contributed by atoms with Gasteiger partial charge >= 0.3 is 0 Å². The summed E-state index contributed by atoms with van der Waals surface area (Å²) in [6, 6.07) is 1.63. The van der Waals surface area contributed by atoms with Crippen LogP contribution in [0.25, 0.3) is 0 Å². The molecule has 30 heavy (non-hydrogen) atoms. The van der Waals surface area contributed by atoms with Gasteiger partial charge < -0.3 is 9.80 Å². The van der Waals surface area contributed by atoms with Crippen molar-refractivity contribution in [2.75, 3.05) is 37.6 Å². The molecule has 0 bridgehead atoms. The van der Waals surface area contributed by atoms with Crippen LogP contribution in [0, 0.1) is 11.8 Å². The summed E-state index contributed by atoms with van der Waals surface area (Å²) in [5.74, 6) is 2.22. The van der Waals surface area contributed by atoms with Crippen molar-refractivity contribution in [3.05, 3.63) is 28.9 Å². The number of pyridine rings is 1. The van der Waals surface area contributed by atoms with Crippen molar-refractivity contribution in [2.45, 2.75) is 43.4 Å². The third-order valence-electron chi connectivity index (χ3n) is 6.35. The van der Waals surface area contributed by atoms with Crippen molar-refractivity contribution in [1.29, 1.82) is 0 Å². The summed E-state index contributed by atoms with van der Waals surface area (Å²) in [5.41, 5.74) is 0. The molecule has 4 rings (SSSR count). The molecule has 1 aliphatic carbocycles. The predicted octanol–water partition coefficient (Wildman–Crippen LogP) is 2.93. The van der Waals surface area contributed by atoms with Crippen LogP contribution in [-0.4, -0.2) is 56.9 Å². The molecule has 3 heterocycles. The fourth-order valence-corrected chi connectivity index (χ4v) is 6.43. The van der Waals surface area contributed by atoms with Gasteiger partial charge in [0, 0.05) is 45.3 Å². The first-order valence-electron chi connectivity index (χ1n) is 10.8. The van der Waals surface area contributed by atoms with E-state index in [4.69, 9.17) is 0 Å². The molecule has 9 heteroatoms. The minimum atomic E-state index is -3.66. The van der Waals surface area contributed by atoms with Crippen LogP contribution in [0.4, 0.5) is 5.82 Å². The summed E-state index contributed by atoms with van der Waals surface area (Å²) in [4.78, 5) is 20.8. The van der Waals surface area contributed by atoms with E-state index < -0.39 is 10.0 Å². The van der Waals surface area contributed by atoms with Crippen molar-refractivity contribution in [2.24, 2.45) is 11.8 Å². The lowest BCUT2D eigenvalue weighted by molar-refractivity contribution is -0.130. The van der Waals surface area contributed by atoms with Gasteiger partial charge in [-0.05, 0) is 65.9 Å². The topological polar surface area (TPSA) is 82.6 Å². The van der Waals surface area contributed by atoms with E-state index in [0.29, 0.717) is 29.2 Å². The molecule has 1 aromatic heterocycles. The average molecular weight is 497 g/mol. The maximum atomic E-state index is 12.6. The molecule has 2 aliphatic heterocycles. The van der Waals surface area contributed by atoms with E-state index in [-0.39, 0.29) is 17.3 Å². The number of nitrogens with one attached hydrogen (secondary N) is 1. The van der Waals surface area contributed by atoms with Gasteiger partial charge in [-0.3, -0.25) is 4.79 Å². The summed E-state index contributed by atoms with van der Waals surface area (Å²) < 4.78 is 28.6. The second-order valence-electron chi connectivity index (χ2n) is 8.43. The number of sulfonamides is 1. The zero-order valence-corrected chi connectivity index (χ0v) is 19.5. The van der Waals surface area contributed by atoms with Crippen LogP contribution in [-0.2, 0) is 14.8 Å². The number of rotatable bonds is 7. The number of carbonyl (C=O) groups excluding carboxylic acids is 1. The fraction of sp³-hybridized carbons (Fsp3) is 0.619. The van der Waals surface area contributed by atoms with E-state index >= 15 is 0 Å². The Morgan fingerprint density at radius 1 is 1.17 bits per heavy atom. The van der Waals surface area contributed by atoms with E-state index in [9.17, 15) is 13.2 Å². The zero-order chi connectivity index (χ0) is 21.1. The van der Waals surface area contributed by atoms with E-state index in [1.165, 1.54) is 6.20 Å². The van der Waals surface area contributed by atoms with Gasteiger partial charge in [-0.25, -0.2) is 18.1 Å². The highest BCUT2D eigenvalue weighted by Gasteiger charge is 2.34. The molecule has 0 spiro atoms. The number of amides is 1. The highest BCUT2D eigenvalue weighted by atomic mass is 79.9. The molecule has 2 saturated heterocycles. The SMILES string of the molecule is O=C(CCCNS(=O)(=O)c1cnc(N2C[C@H]3CC=CC[C@H]3C2)c(Br)c1)N1CCCC1. The molecule has 2 fully saturated rings. The Morgan fingerprint density at radius 3 is 2.47 bits per heavy atom. The van der Waals surface area contributed by atoms with Crippen molar-refractivity contribution >= 4 is 37.7 Å². The standard InChI is InChI=1S/C21H29BrN4O3S/c22-19-12-18(13-23-21(19)26-14-16-6-1-2-7-17(16)15-26)30(28,29)24-9-5-8-20(27)25-10-3-4-11-25/h1-2,12-13,16-17,24H,3-11,14-15H2/t16-,17+. The van der Waals surface area contributed by atoms with Gasteiger partial charge in [-0.15, -0.1) is 0 Å². The Hall–Kier alpha value is -1.45. The third kappa shape index (κ3) is 4.89. The molecule has 1 N–H and O–H groups in total. The summed E-state index contributed by atoms with van der Waals surface area (Å²) in [5, 5.41) is 0. The Balaban J connectivity index is 1.32. The van der Waals surface area contributed by atoms with Gasteiger partial charge in [-0.1, -0.05) is 12.2 Å². The molecule has 1 aromatic rings. The highest BCUT2D eigenvalue weighted by molar-refractivity contribution is 9.10. The van der Waals surface area contributed by atoms with Gasteiger partial charge in [0.25, 0.3) is 0 Å². The minimum Gasteiger partial charge on any atom is -0.355 e. The number of likely N-dealkylation sites (tertiary alicyclic amines) is 1. The maximum Gasteiger partial charge on any atom is 0.242 e. The van der Waals surface area contributed by atoms with Gasteiger partial charge in [0.2, 0.25) is 15.9 Å². The van der Waals surface area contributed by atoms with E-state index in [0.717, 1.165) is 57.7 Å². The van der Waals surface area contributed by atoms with Crippen molar-refractivity contribution in [3.8, 4) is 0 Å². The summed E-state index contributed by atoms with van der Waals surface area (Å²) in [7, 11) is -3.66. The van der Waals surface area contributed by atoms with Crippen molar-refractivity contribution in [1.82, 2.24) is 14.6 Å². The second-order valence-corrected chi connectivity index (χ2v) is 11.1. The molecule has 2 atom stereocenters. The smallest absolute Gasteiger partial charge is 0.242 e. The van der Waals surface area contributed by atoms with Gasteiger partial charge in [0.15, 0.2) is 0 Å².